The van der Waals surface area contributed by atoms with Crippen LogP contribution in [-0.4, -0.2) is 39.8 Å². The zero-order chi connectivity index (χ0) is 21.2. The Morgan fingerprint density at radius 2 is 1.84 bits per heavy atom. The highest BCUT2D eigenvalue weighted by Crippen LogP contribution is 2.29. The molecule has 2 aliphatic heterocycles. The maximum Gasteiger partial charge on any atom is 0.256 e. The van der Waals surface area contributed by atoms with Crippen LogP contribution in [0, 0.1) is 0 Å². The number of likely N-dealkylation sites (tertiary alicyclic amines) is 1. The van der Waals surface area contributed by atoms with Gasteiger partial charge in [-0.05, 0) is 78.7 Å². The topological polar surface area (TPSA) is 36.4 Å². The summed E-state index contributed by atoms with van der Waals surface area (Å²) in [5.41, 5.74) is 6.97. The van der Waals surface area contributed by atoms with Crippen LogP contribution in [0.1, 0.15) is 46.8 Å². The number of carbonyl (C=O) groups excluding carboxylic acids is 1. The first kappa shape index (κ1) is 20.0. The average Bonchev–Trinajstić information content (AvgIpc) is 3.43. The lowest BCUT2D eigenvalue weighted by atomic mass is 9.99. The fraction of sp³-hybridized carbons (Fsp3) is 0.333. The van der Waals surface area contributed by atoms with Crippen LogP contribution in [0.5, 0.6) is 0 Å². The quantitative estimate of drug-likeness (QED) is 0.597. The van der Waals surface area contributed by atoms with E-state index in [0.29, 0.717) is 18.7 Å². The molecule has 5 rings (SSSR count). The first-order chi connectivity index (χ1) is 15.2. The zero-order valence-electron chi connectivity index (χ0n) is 18.1. The predicted octanol–water partition coefficient (Wildman–Crippen LogP) is 4.93. The molecule has 4 heteroatoms. The monoisotopic (exact) mass is 411 g/mol. The SMILES string of the molecule is C[C@@H]1CCCN1CCc1ccc(-c2ccc3c(c2)CN(C(=O)c2cccnc2)C3)cc1. The number of hydrogen-bond acceptors (Lipinski definition) is 3. The van der Waals surface area contributed by atoms with Gasteiger partial charge < -0.3 is 9.80 Å². The van der Waals surface area contributed by atoms with Crippen molar-refractivity contribution in [3.63, 3.8) is 0 Å². The Labute approximate surface area is 184 Å². The number of nitrogens with zero attached hydrogens (tertiary/aromatic N) is 3. The van der Waals surface area contributed by atoms with E-state index < -0.39 is 0 Å². The Bertz CT molecular complexity index is 1060. The van der Waals surface area contributed by atoms with Gasteiger partial charge in [0.1, 0.15) is 0 Å². The lowest BCUT2D eigenvalue weighted by molar-refractivity contribution is 0.0751. The van der Waals surface area contributed by atoms with Crippen molar-refractivity contribution in [3.8, 4) is 11.1 Å². The Morgan fingerprint density at radius 3 is 2.58 bits per heavy atom. The van der Waals surface area contributed by atoms with Crippen LogP contribution in [-0.2, 0) is 19.5 Å². The van der Waals surface area contributed by atoms with Gasteiger partial charge >= 0.3 is 0 Å². The summed E-state index contributed by atoms with van der Waals surface area (Å²) >= 11 is 0. The number of amides is 1. The van der Waals surface area contributed by atoms with E-state index >= 15 is 0 Å². The average molecular weight is 412 g/mol. The van der Waals surface area contributed by atoms with Crippen molar-refractivity contribution in [2.75, 3.05) is 13.1 Å². The molecule has 1 fully saturated rings. The number of pyridine rings is 1. The molecule has 158 valence electrons. The van der Waals surface area contributed by atoms with E-state index in [2.05, 4.69) is 59.3 Å². The molecule has 0 bridgehead atoms. The summed E-state index contributed by atoms with van der Waals surface area (Å²) in [5.74, 6) is 0.0440. The Hall–Kier alpha value is -2.98. The summed E-state index contributed by atoms with van der Waals surface area (Å²) in [6.45, 7) is 6.06. The maximum atomic E-state index is 12.8. The Balaban J connectivity index is 1.25. The first-order valence-electron chi connectivity index (χ1n) is 11.3. The Morgan fingerprint density at radius 1 is 1.03 bits per heavy atom. The molecule has 2 aromatic carbocycles. The number of rotatable bonds is 5. The molecular formula is C27H29N3O. The minimum Gasteiger partial charge on any atom is -0.330 e. The smallest absolute Gasteiger partial charge is 0.256 e. The molecule has 3 heterocycles. The first-order valence-corrected chi connectivity index (χ1v) is 11.3. The summed E-state index contributed by atoms with van der Waals surface area (Å²) in [7, 11) is 0. The summed E-state index contributed by atoms with van der Waals surface area (Å²) in [4.78, 5) is 21.3. The number of benzene rings is 2. The standard InChI is InChI=1S/C27H29N3O/c1-20-4-3-14-29(20)15-12-21-6-8-22(9-7-21)23-10-11-25-18-30(19-26(25)16-23)27(31)24-5-2-13-28-17-24/h2,5-11,13,16-17,20H,3-4,12,14-15,18-19H2,1H3/t20-/m1/s1. The number of hydrogen-bond donors (Lipinski definition) is 0. The van der Waals surface area contributed by atoms with Gasteiger partial charge in [-0.2, -0.15) is 0 Å². The highest BCUT2D eigenvalue weighted by Gasteiger charge is 2.24. The molecule has 0 N–H and O–H groups in total. The van der Waals surface area contributed by atoms with E-state index in [0.717, 1.165) is 19.0 Å². The molecule has 0 saturated carbocycles. The van der Waals surface area contributed by atoms with Crippen molar-refractivity contribution in [1.82, 2.24) is 14.8 Å². The second-order valence-corrected chi connectivity index (χ2v) is 8.86. The largest absolute Gasteiger partial charge is 0.330 e. The lowest BCUT2D eigenvalue weighted by Crippen LogP contribution is -2.28. The van der Waals surface area contributed by atoms with Crippen LogP contribution in [0.3, 0.4) is 0 Å². The van der Waals surface area contributed by atoms with Crippen LogP contribution in [0.4, 0.5) is 0 Å². The fourth-order valence-electron chi connectivity index (χ4n) is 4.85. The van der Waals surface area contributed by atoms with E-state index in [9.17, 15) is 4.79 Å². The minimum atomic E-state index is 0.0440. The molecule has 1 aromatic heterocycles. The molecule has 3 aromatic rings. The summed E-state index contributed by atoms with van der Waals surface area (Å²) in [6, 6.07) is 20.0. The summed E-state index contributed by atoms with van der Waals surface area (Å²) < 4.78 is 0. The van der Waals surface area contributed by atoms with Gasteiger partial charge in [-0.25, -0.2) is 0 Å². The van der Waals surface area contributed by atoms with Crippen LogP contribution in [0.25, 0.3) is 11.1 Å². The number of fused-ring (bicyclic) bond motifs is 1. The molecule has 31 heavy (non-hydrogen) atoms. The minimum absolute atomic E-state index is 0.0440. The van der Waals surface area contributed by atoms with Crippen LogP contribution < -0.4 is 0 Å². The van der Waals surface area contributed by atoms with Gasteiger partial charge in [0, 0.05) is 38.1 Å². The van der Waals surface area contributed by atoms with Crippen LogP contribution in [0.2, 0.25) is 0 Å². The maximum absolute atomic E-state index is 12.8. The van der Waals surface area contributed by atoms with Crippen molar-refractivity contribution in [3.05, 3.63) is 89.2 Å². The van der Waals surface area contributed by atoms with Gasteiger partial charge in [0.05, 0.1) is 5.56 Å². The number of aromatic nitrogens is 1. The van der Waals surface area contributed by atoms with Gasteiger partial charge in [-0.15, -0.1) is 0 Å². The third-order valence-electron chi connectivity index (χ3n) is 6.79. The van der Waals surface area contributed by atoms with E-state index in [1.807, 2.05) is 17.0 Å². The second-order valence-electron chi connectivity index (χ2n) is 8.86. The van der Waals surface area contributed by atoms with Crippen LogP contribution in [0.15, 0.2) is 67.0 Å². The van der Waals surface area contributed by atoms with Gasteiger partial charge in [0.2, 0.25) is 0 Å². The molecule has 0 radical (unpaired) electrons. The van der Waals surface area contributed by atoms with Crippen molar-refractivity contribution in [2.45, 2.75) is 45.3 Å². The molecular weight excluding hydrogens is 382 g/mol. The van der Waals surface area contributed by atoms with E-state index in [1.54, 1.807) is 12.4 Å². The molecule has 0 aliphatic carbocycles. The third-order valence-corrected chi connectivity index (χ3v) is 6.79. The molecule has 1 atom stereocenters. The normalized spacial score (nSPS) is 18.4. The fourth-order valence-corrected chi connectivity index (χ4v) is 4.85. The lowest BCUT2D eigenvalue weighted by Gasteiger charge is -2.20. The predicted molar refractivity (Wildman–Crippen MR) is 124 cm³/mol. The van der Waals surface area contributed by atoms with Gasteiger partial charge in [0.15, 0.2) is 0 Å². The summed E-state index contributed by atoms with van der Waals surface area (Å²) in [6.07, 6.45) is 7.12. The highest BCUT2D eigenvalue weighted by molar-refractivity contribution is 5.94. The van der Waals surface area contributed by atoms with Gasteiger partial charge in [-0.1, -0.05) is 36.4 Å². The molecule has 1 amide bonds. The molecule has 1 saturated heterocycles. The molecule has 2 aliphatic rings. The van der Waals surface area contributed by atoms with Crippen molar-refractivity contribution >= 4 is 5.91 Å². The zero-order valence-corrected chi connectivity index (χ0v) is 18.1. The van der Waals surface area contributed by atoms with E-state index in [-0.39, 0.29) is 5.91 Å². The van der Waals surface area contributed by atoms with Crippen molar-refractivity contribution < 1.29 is 4.79 Å². The Kier molecular flexibility index (Phi) is 5.56. The molecule has 0 unspecified atom stereocenters. The molecule has 4 nitrogen and oxygen atoms in total. The molecule has 0 spiro atoms. The third kappa shape index (κ3) is 4.26. The number of carbonyl (C=O) groups is 1. The van der Waals surface area contributed by atoms with Gasteiger partial charge in [-0.3, -0.25) is 9.78 Å². The van der Waals surface area contributed by atoms with Crippen LogP contribution >= 0.6 is 0 Å². The summed E-state index contributed by atoms with van der Waals surface area (Å²) in [5, 5.41) is 0. The van der Waals surface area contributed by atoms with Crippen molar-refractivity contribution in [2.24, 2.45) is 0 Å². The van der Waals surface area contributed by atoms with Gasteiger partial charge in [0.25, 0.3) is 5.91 Å². The van der Waals surface area contributed by atoms with Crippen molar-refractivity contribution in [1.29, 1.82) is 0 Å². The second kappa shape index (κ2) is 8.64. The van der Waals surface area contributed by atoms with E-state index in [4.69, 9.17) is 0 Å². The highest BCUT2D eigenvalue weighted by atomic mass is 16.2. The van der Waals surface area contributed by atoms with E-state index in [1.165, 1.54) is 47.2 Å².